The minimum atomic E-state index is -0.998. The van der Waals surface area contributed by atoms with E-state index in [1.54, 1.807) is 0 Å². The van der Waals surface area contributed by atoms with Crippen LogP contribution >= 0.6 is 0 Å². The summed E-state index contributed by atoms with van der Waals surface area (Å²) in [5.74, 6) is -1.32. The van der Waals surface area contributed by atoms with Crippen LogP contribution in [0, 0.1) is 5.92 Å². The van der Waals surface area contributed by atoms with Crippen molar-refractivity contribution >= 4 is 17.8 Å². The minimum absolute atomic E-state index is 0. The van der Waals surface area contributed by atoms with Crippen LogP contribution in [0.25, 0.3) is 0 Å². The van der Waals surface area contributed by atoms with Crippen molar-refractivity contribution in [2.45, 2.75) is 136 Å². The van der Waals surface area contributed by atoms with Gasteiger partial charge in [0.25, 0.3) is 0 Å². The summed E-state index contributed by atoms with van der Waals surface area (Å²) in [6.07, 6.45) is 16.7. The summed E-state index contributed by atoms with van der Waals surface area (Å²) >= 11 is 0. The number of amides is 1. The van der Waals surface area contributed by atoms with Crippen LogP contribution in [-0.2, 0) is 9.59 Å². The Morgan fingerprint density at radius 1 is 0.818 bits per heavy atom. The zero-order chi connectivity index (χ0) is 24.0. The van der Waals surface area contributed by atoms with Crippen molar-refractivity contribution in [2.24, 2.45) is 10.9 Å². The summed E-state index contributed by atoms with van der Waals surface area (Å²) in [5.41, 5.74) is 0. The van der Waals surface area contributed by atoms with Crippen molar-refractivity contribution in [3.8, 4) is 0 Å². The maximum absolute atomic E-state index is 12.4. The normalized spacial score (nSPS) is 13.2. The number of rotatable bonds is 22. The molecule has 2 N–H and O–H groups in total. The van der Waals surface area contributed by atoms with Gasteiger partial charge in [0.1, 0.15) is 6.04 Å². The molecule has 0 fully saturated rings. The van der Waals surface area contributed by atoms with E-state index in [9.17, 15) is 19.8 Å². The minimum Gasteiger partial charge on any atom is -0.862 e. The van der Waals surface area contributed by atoms with Gasteiger partial charge in [-0.05, 0) is 50.8 Å². The first-order valence-corrected chi connectivity index (χ1v) is 13.2. The van der Waals surface area contributed by atoms with Crippen LogP contribution < -0.4 is 40.0 Å². The SMILES string of the molecule is CCCCCCCCCCCC([O-])=NCCCCC(NC(=O)C(CC)CCCC)C(=O)O.[Na+]. The van der Waals surface area contributed by atoms with Crippen molar-refractivity contribution < 1.29 is 49.4 Å². The van der Waals surface area contributed by atoms with Crippen molar-refractivity contribution in [1.82, 2.24) is 5.32 Å². The Bertz CT molecular complexity index is 515. The third-order valence-electron chi connectivity index (χ3n) is 6.07. The van der Waals surface area contributed by atoms with Gasteiger partial charge in [0.2, 0.25) is 5.91 Å². The molecule has 188 valence electrons. The number of nitrogens with one attached hydrogen (secondary N) is 1. The van der Waals surface area contributed by atoms with E-state index in [2.05, 4.69) is 24.2 Å². The number of hydrogen-bond acceptors (Lipinski definition) is 4. The van der Waals surface area contributed by atoms with E-state index in [0.717, 1.165) is 38.5 Å². The van der Waals surface area contributed by atoms with Gasteiger partial charge in [0.05, 0.1) is 0 Å². The number of hydrogen-bond donors (Lipinski definition) is 2. The largest absolute Gasteiger partial charge is 1.00 e. The van der Waals surface area contributed by atoms with E-state index < -0.39 is 12.0 Å². The molecule has 0 heterocycles. The average Bonchev–Trinajstić information content (AvgIpc) is 2.77. The summed E-state index contributed by atoms with van der Waals surface area (Å²) in [6.45, 7) is 6.70. The smallest absolute Gasteiger partial charge is 0.862 e. The van der Waals surface area contributed by atoms with Gasteiger partial charge in [-0.1, -0.05) is 85.0 Å². The summed E-state index contributed by atoms with van der Waals surface area (Å²) < 4.78 is 0. The molecule has 0 aromatic rings. The van der Waals surface area contributed by atoms with Crippen LogP contribution in [0.2, 0.25) is 0 Å². The molecule has 0 bridgehead atoms. The molecule has 0 aromatic carbocycles. The monoisotopic (exact) mass is 476 g/mol. The predicted octanol–water partition coefficient (Wildman–Crippen LogP) is 2.63. The molecule has 0 aliphatic carbocycles. The van der Waals surface area contributed by atoms with Crippen LogP contribution in [0.1, 0.15) is 130 Å². The van der Waals surface area contributed by atoms with E-state index in [4.69, 9.17) is 0 Å². The molecule has 0 radical (unpaired) electrons. The number of aliphatic carboxylic acids is 1. The van der Waals surface area contributed by atoms with E-state index >= 15 is 0 Å². The summed E-state index contributed by atoms with van der Waals surface area (Å²) in [4.78, 5) is 28.0. The molecule has 7 heteroatoms. The Labute approximate surface area is 225 Å². The molecule has 1 amide bonds. The zero-order valence-electron chi connectivity index (χ0n) is 22.0. The number of carbonyl (C=O) groups excluding carboxylic acids is 1. The van der Waals surface area contributed by atoms with Crippen LogP contribution in [0.4, 0.5) is 0 Å². The molecule has 2 unspecified atom stereocenters. The van der Waals surface area contributed by atoms with E-state index in [1.165, 1.54) is 44.9 Å². The number of unbranched alkanes of at least 4 members (excludes halogenated alkanes) is 10. The Hall–Kier alpha value is -0.590. The second-order valence-electron chi connectivity index (χ2n) is 9.00. The third kappa shape index (κ3) is 20.5. The standard InChI is InChI=1S/C26H50N2O4.Na/c1-4-7-9-10-11-12-13-14-15-20-24(29)27-21-17-16-19-23(26(31)32)28-25(30)22(6-3)18-8-5-2;/h22-23H,4-21H2,1-3H3,(H,27,29)(H,28,30)(H,31,32);/q;+1/p-1. The predicted molar refractivity (Wildman–Crippen MR) is 131 cm³/mol. The fourth-order valence-corrected chi connectivity index (χ4v) is 3.85. The third-order valence-corrected chi connectivity index (χ3v) is 6.07. The van der Waals surface area contributed by atoms with Crippen LogP contribution in [0.3, 0.4) is 0 Å². The van der Waals surface area contributed by atoms with E-state index in [0.29, 0.717) is 32.2 Å². The molecule has 0 saturated heterocycles. The molecule has 0 aliphatic rings. The van der Waals surface area contributed by atoms with E-state index in [-0.39, 0.29) is 47.3 Å². The first kappa shape index (κ1) is 34.6. The van der Waals surface area contributed by atoms with Crippen LogP contribution in [0.15, 0.2) is 4.99 Å². The first-order chi connectivity index (χ1) is 15.5. The Balaban J connectivity index is 0. The fourth-order valence-electron chi connectivity index (χ4n) is 3.85. The second kappa shape index (κ2) is 24.5. The summed E-state index contributed by atoms with van der Waals surface area (Å²) in [6, 6.07) is -0.865. The molecule has 2 atom stereocenters. The Morgan fingerprint density at radius 2 is 1.39 bits per heavy atom. The average molecular weight is 477 g/mol. The maximum atomic E-state index is 12.4. The van der Waals surface area contributed by atoms with Crippen molar-refractivity contribution in [2.75, 3.05) is 6.54 Å². The van der Waals surface area contributed by atoms with Crippen LogP contribution in [-0.4, -0.2) is 35.5 Å². The van der Waals surface area contributed by atoms with Gasteiger partial charge < -0.3 is 20.5 Å². The summed E-state index contributed by atoms with van der Waals surface area (Å²) in [5, 5.41) is 24.0. The van der Waals surface area contributed by atoms with Gasteiger partial charge in [0.15, 0.2) is 0 Å². The quantitative estimate of drug-likeness (QED) is 0.109. The molecular weight excluding hydrogens is 427 g/mol. The summed E-state index contributed by atoms with van der Waals surface area (Å²) in [7, 11) is 0. The number of aliphatic imine (C=N–C) groups is 1. The van der Waals surface area contributed by atoms with Crippen molar-refractivity contribution in [1.29, 1.82) is 0 Å². The van der Waals surface area contributed by atoms with Gasteiger partial charge in [-0.25, -0.2) is 4.79 Å². The second-order valence-corrected chi connectivity index (χ2v) is 9.00. The van der Waals surface area contributed by atoms with Gasteiger partial charge in [-0.15, -0.1) is 0 Å². The molecule has 0 aromatic heterocycles. The number of carbonyl (C=O) groups is 2. The number of nitrogens with zero attached hydrogens (tertiary/aromatic N) is 1. The van der Waals surface area contributed by atoms with E-state index in [1.807, 2.05) is 6.92 Å². The molecule has 0 spiro atoms. The molecule has 0 saturated carbocycles. The number of carboxylic acids is 1. The van der Waals surface area contributed by atoms with Gasteiger partial charge >= 0.3 is 35.5 Å². The Morgan fingerprint density at radius 3 is 1.94 bits per heavy atom. The first-order valence-electron chi connectivity index (χ1n) is 13.2. The van der Waals surface area contributed by atoms with Crippen molar-refractivity contribution in [3.63, 3.8) is 0 Å². The van der Waals surface area contributed by atoms with Gasteiger partial charge in [-0.3, -0.25) is 4.79 Å². The van der Waals surface area contributed by atoms with Gasteiger partial charge in [0, 0.05) is 12.5 Å². The molecule has 0 rings (SSSR count). The van der Waals surface area contributed by atoms with Crippen molar-refractivity contribution in [3.05, 3.63) is 0 Å². The van der Waals surface area contributed by atoms with Crippen LogP contribution in [0.5, 0.6) is 0 Å². The van der Waals surface area contributed by atoms with Gasteiger partial charge in [-0.2, -0.15) is 0 Å². The Kier molecular flexibility index (Phi) is 25.7. The molecule has 0 aliphatic heterocycles. The zero-order valence-corrected chi connectivity index (χ0v) is 24.0. The maximum Gasteiger partial charge on any atom is 1.00 e. The molecule has 33 heavy (non-hydrogen) atoms. The molecule has 6 nitrogen and oxygen atoms in total. The molecular formula is C26H49N2NaO4. The topological polar surface area (TPSA) is 102 Å². The fraction of sp³-hybridized carbons (Fsp3) is 0.885. The number of carboxylic acid groups (broad SMARTS) is 1.